The van der Waals surface area contributed by atoms with Crippen LogP contribution in [0, 0.1) is 0 Å². The first-order valence-electron chi connectivity index (χ1n) is 5.62. The number of rotatable bonds is 5. The van der Waals surface area contributed by atoms with Gasteiger partial charge in [-0.25, -0.2) is 4.68 Å². The molecule has 3 N–H and O–H groups in total. The van der Waals surface area contributed by atoms with Crippen LogP contribution in [0.4, 0.5) is 0 Å². The zero-order valence-corrected chi connectivity index (χ0v) is 10.2. The quantitative estimate of drug-likeness (QED) is 0.810. The lowest BCUT2D eigenvalue weighted by molar-refractivity contribution is 0.176. The minimum atomic E-state index is 0.247. The van der Waals surface area contributed by atoms with Crippen molar-refractivity contribution in [1.29, 1.82) is 0 Å². The summed E-state index contributed by atoms with van der Waals surface area (Å²) in [5, 5.41) is 17.3. The van der Waals surface area contributed by atoms with E-state index < -0.39 is 0 Å². The molecule has 1 aromatic heterocycles. The molecule has 1 heterocycles. The van der Waals surface area contributed by atoms with Crippen molar-refractivity contribution in [2.45, 2.75) is 19.7 Å². The zero-order chi connectivity index (χ0) is 13.0. The fourth-order valence-electron chi connectivity index (χ4n) is 1.72. The van der Waals surface area contributed by atoms with E-state index in [1.165, 1.54) is 0 Å². The van der Waals surface area contributed by atoms with E-state index in [1.807, 2.05) is 12.1 Å². The molecule has 1 aromatic carbocycles. The van der Waals surface area contributed by atoms with Crippen LogP contribution in [0.3, 0.4) is 0 Å². The van der Waals surface area contributed by atoms with Crippen LogP contribution in [0.25, 0.3) is 0 Å². The number of phenols is 1. The molecule has 18 heavy (non-hydrogen) atoms. The summed E-state index contributed by atoms with van der Waals surface area (Å²) >= 11 is 0. The predicted molar refractivity (Wildman–Crippen MR) is 65.8 cm³/mol. The highest BCUT2D eigenvalue weighted by molar-refractivity contribution is 5.26. The first kappa shape index (κ1) is 12.5. The van der Waals surface area contributed by atoms with Gasteiger partial charge < -0.3 is 15.6 Å². The normalized spacial score (nSPS) is 10.8. The van der Waals surface area contributed by atoms with Gasteiger partial charge in [-0.3, -0.25) is 0 Å². The van der Waals surface area contributed by atoms with Gasteiger partial charge in [0.25, 0.3) is 0 Å². The van der Waals surface area contributed by atoms with Gasteiger partial charge in [-0.1, -0.05) is 17.3 Å². The molecule has 0 spiro atoms. The molecular weight excluding hydrogens is 232 g/mol. The number of aromatic hydroxyl groups is 1. The number of phenolic OH excluding ortho intramolecular Hbond substituents is 1. The van der Waals surface area contributed by atoms with Crippen LogP contribution in [-0.2, 0) is 24.4 Å². The summed E-state index contributed by atoms with van der Waals surface area (Å²) in [6.07, 6.45) is 0. The predicted octanol–water partition coefficient (Wildman–Crippen LogP) is 0.637. The van der Waals surface area contributed by atoms with Crippen LogP contribution >= 0.6 is 0 Å². The van der Waals surface area contributed by atoms with Gasteiger partial charge in [0.05, 0.1) is 18.8 Å². The van der Waals surface area contributed by atoms with Crippen molar-refractivity contribution in [3.05, 3.63) is 41.2 Å². The number of hydrogen-bond donors (Lipinski definition) is 2. The fraction of sp³-hybridized carbons (Fsp3) is 0.333. The van der Waals surface area contributed by atoms with Crippen molar-refractivity contribution in [3.8, 4) is 5.75 Å². The largest absolute Gasteiger partial charge is 0.508 e. The molecule has 0 saturated carbocycles. The molecule has 0 bridgehead atoms. The van der Waals surface area contributed by atoms with Gasteiger partial charge in [-0.15, -0.1) is 5.10 Å². The van der Waals surface area contributed by atoms with Crippen LogP contribution in [-0.4, -0.2) is 27.2 Å². The Kier molecular flexibility index (Phi) is 3.91. The van der Waals surface area contributed by atoms with Crippen molar-refractivity contribution < 1.29 is 9.84 Å². The highest BCUT2D eigenvalue weighted by Crippen LogP contribution is 2.13. The average Bonchev–Trinajstić information content (AvgIpc) is 2.75. The standard InChI is InChI=1S/C12H16N4O2/c1-18-8-12-11(6-13)14-15-16(12)7-9-2-4-10(17)5-3-9/h2-5,17H,6-8,13H2,1H3. The van der Waals surface area contributed by atoms with Crippen LogP contribution < -0.4 is 5.73 Å². The van der Waals surface area contributed by atoms with Crippen LogP contribution in [0.2, 0.25) is 0 Å². The van der Waals surface area contributed by atoms with Gasteiger partial charge >= 0.3 is 0 Å². The Hall–Kier alpha value is -1.92. The zero-order valence-electron chi connectivity index (χ0n) is 10.2. The summed E-state index contributed by atoms with van der Waals surface area (Å²) in [5.74, 6) is 0.247. The summed E-state index contributed by atoms with van der Waals surface area (Å²) in [7, 11) is 1.62. The van der Waals surface area contributed by atoms with Crippen molar-refractivity contribution in [2.75, 3.05) is 7.11 Å². The molecule has 2 rings (SSSR count). The van der Waals surface area contributed by atoms with Crippen molar-refractivity contribution in [1.82, 2.24) is 15.0 Å². The van der Waals surface area contributed by atoms with Gasteiger partial charge in [0.1, 0.15) is 11.4 Å². The van der Waals surface area contributed by atoms with Crippen molar-refractivity contribution in [2.24, 2.45) is 5.73 Å². The number of nitrogens with two attached hydrogens (primary N) is 1. The van der Waals surface area contributed by atoms with Gasteiger partial charge in [-0.05, 0) is 17.7 Å². The fourth-order valence-corrected chi connectivity index (χ4v) is 1.72. The molecule has 0 aliphatic rings. The number of nitrogens with zero attached hydrogens (tertiary/aromatic N) is 3. The maximum atomic E-state index is 9.23. The minimum absolute atomic E-state index is 0.247. The second-order valence-electron chi connectivity index (χ2n) is 3.94. The molecule has 0 fully saturated rings. The van der Waals surface area contributed by atoms with Crippen molar-refractivity contribution in [3.63, 3.8) is 0 Å². The van der Waals surface area contributed by atoms with Crippen LogP contribution in [0.1, 0.15) is 17.0 Å². The van der Waals surface area contributed by atoms with E-state index in [1.54, 1.807) is 23.9 Å². The molecule has 6 nitrogen and oxygen atoms in total. The third kappa shape index (κ3) is 2.66. The average molecular weight is 248 g/mol. The van der Waals surface area contributed by atoms with E-state index in [-0.39, 0.29) is 5.75 Å². The van der Waals surface area contributed by atoms with E-state index in [2.05, 4.69) is 10.3 Å². The molecule has 2 aromatic rings. The molecule has 6 heteroatoms. The second-order valence-corrected chi connectivity index (χ2v) is 3.94. The van der Waals surface area contributed by atoms with Crippen LogP contribution in [0.15, 0.2) is 24.3 Å². The SMILES string of the molecule is COCc1c(CN)nnn1Cc1ccc(O)cc1. The van der Waals surface area contributed by atoms with E-state index >= 15 is 0 Å². The highest BCUT2D eigenvalue weighted by atomic mass is 16.5. The lowest BCUT2D eigenvalue weighted by atomic mass is 10.2. The summed E-state index contributed by atoms with van der Waals surface area (Å²) in [5.41, 5.74) is 8.26. The first-order valence-corrected chi connectivity index (χ1v) is 5.62. The number of methoxy groups -OCH3 is 1. The van der Waals surface area contributed by atoms with E-state index in [9.17, 15) is 5.11 Å². The maximum Gasteiger partial charge on any atom is 0.115 e. The molecule has 96 valence electrons. The topological polar surface area (TPSA) is 86.2 Å². The molecule has 0 aliphatic heterocycles. The Labute approximate surface area is 105 Å². The molecular formula is C12H16N4O2. The Morgan fingerprint density at radius 2 is 2.06 bits per heavy atom. The maximum absolute atomic E-state index is 9.23. The van der Waals surface area contributed by atoms with Gasteiger partial charge in [0, 0.05) is 13.7 Å². The lowest BCUT2D eigenvalue weighted by Gasteiger charge is -2.07. The molecule has 0 saturated heterocycles. The Bertz CT molecular complexity index is 507. The lowest BCUT2D eigenvalue weighted by Crippen LogP contribution is -2.09. The third-order valence-corrected chi connectivity index (χ3v) is 2.66. The van der Waals surface area contributed by atoms with E-state index in [4.69, 9.17) is 10.5 Å². The molecule has 0 amide bonds. The Balaban J connectivity index is 2.22. The van der Waals surface area contributed by atoms with E-state index in [0.29, 0.717) is 19.7 Å². The highest BCUT2D eigenvalue weighted by Gasteiger charge is 2.11. The number of benzene rings is 1. The van der Waals surface area contributed by atoms with Crippen molar-refractivity contribution >= 4 is 0 Å². The summed E-state index contributed by atoms with van der Waals surface area (Å²) in [4.78, 5) is 0. The first-order chi connectivity index (χ1) is 8.74. The Morgan fingerprint density at radius 1 is 1.33 bits per heavy atom. The Morgan fingerprint density at radius 3 is 2.67 bits per heavy atom. The monoisotopic (exact) mass is 248 g/mol. The number of hydrogen-bond acceptors (Lipinski definition) is 5. The summed E-state index contributed by atoms with van der Waals surface area (Å²) < 4.78 is 6.89. The van der Waals surface area contributed by atoms with Gasteiger partial charge in [0.2, 0.25) is 0 Å². The van der Waals surface area contributed by atoms with Crippen LogP contribution in [0.5, 0.6) is 5.75 Å². The summed E-state index contributed by atoms with van der Waals surface area (Å²) in [6.45, 7) is 1.35. The minimum Gasteiger partial charge on any atom is -0.508 e. The smallest absolute Gasteiger partial charge is 0.115 e. The van der Waals surface area contributed by atoms with Gasteiger partial charge in [-0.2, -0.15) is 0 Å². The summed E-state index contributed by atoms with van der Waals surface area (Å²) in [6, 6.07) is 6.98. The molecule has 0 radical (unpaired) electrons. The number of ether oxygens (including phenoxy) is 1. The number of aromatic nitrogens is 3. The second kappa shape index (κ2) is 5.61. The molecule has 0 aliphatic carbocycles. The van der Waals surface area contributed by atoms with Gasteiger partial charge in [0.15, 0.2) is 0 Å². The molecule has 0 atom stereocenters. The van der Waals surface area contributed by atoms with E-state index in [0.717, 1.165) is 17.0 Å². The molecule has 0 unspecified atom stereocenters. The third-order valence-electron chi connectivity index (χ3n) is 2.66.